The van der Waals surface area contributed by atoms with Gasteiger partial charge in [0.05, 0.1) is 19.9 Å². The van der Waals surface area contributed by atoms with Gasteiger partial charge in [0.2, 0.25) is 5.91 Å². The van der Waals surface area contributed by atoms with Crippen molar-refractivity contribution in [2.24, 2.45) is 0 Å². The number of nitrogens with two attached hydrogens (primary N) is 1. The van der Waals surface area contributed by atoms with Gasteiger partial charge in [0.1, 0.15) is 0 Å². The Morgan fingerprint density at radius 1 is 1.22 bits per heavy atom. The van der Waals surface area contributed by atoms with Crippen LogP contribution in [0.2, 0.25) is 0 Å². The number of rotatable bonds is 6. The third kappa shape index (κ3) is 4.30. The number of nitrogens with zero attached hydrogens (tertiary/aromatic N) is 1. The number of carbonyl (C=O) groups excluding carboxylic acids is 1. The molecule has 0 spiro atoms. The van der Waals surface area contributed by atoms with Crippen molar-refractivity contribution in [3.63, 3.8) is 0 Å². The average Bonchev–Trinajstić information content (AvgIpc) is 2.59. The van der Waals surface area contributed by atoms with Gasteiger partial charge in [0.15, 0.2) is 11.5 Å². The molecule has 2 N–H and O–H groups in total. The zero-order valence-electron chi connectivity index (χ0n) is 14.4. The topological polar surface area (TPSA) is 64.8 Å². The quantitative estimate of drug-likeness (QED) is 0.818. The zero-order valence-corrected chi connectivity index (χ0v) is 14.4. The molecule has 0 radical (unpaired) electrons. The lowest BCUT2D eigenvalue weighted by Crippen LogP contribution is -2.38. The first-order chi connectivity index (χ1) is 11.1. The van der Waals surface area contributed by atoms with Crippen LogP contribution in [0.5, 0.6) is 11.5 Å². The summed E-state index contributed by atoms with van der Waals surface area (Å²) in [6.07, 6.45) is 7.16. The van der Waals surface area contributed by atoms with Gasteiger partial charge >= 0.3 is 0 Å². The standard InChI is InChI=1S/C18H28N2O3/c1-20(14-7-5-4-6-8-14)17(21)10-9-13-11-15(19)18(23-3)16(12-13)22-2/h11-12,14H,4-10,19H2,1-3H3. The van der Waals surface area contributed by atoms with E-state index in [0.717, 1.165) is 18.4 Å². The third-order valence-electron chi connectivity index (χ3n) is 4.71. The van der Waals surface area contributed by atoms with Gasteiger partial charge in [-0.25, -0.2) is 0 Å². The predicted octanol–water partition coefficient (Wildman–Crippen LogP) is 3.01. The van der Waals surface area contributed by atoms with Crippen molar-refractivity contribution >= 4 is 11.6 Å². The van der Waals surface area contributed by atoms with Crippen LogP contribution in [0.3, 0.4) is 0 Å². The summed E-state index contributed by atoms with van der Waals surface area (Å²) in [5.41, 5.74) is 7.52. The molecule has 1 amide bonds. The molecule has 1 aliphatic rings. The van der Waals surface area contributed by atoms with Crippen LogP contribution in [0.1, 0.15) is 44.1 Å². The summed E-state index contributed by atoms with van der Waals surface area (Å²) in [7, 11) is 5.08. The van der Waals surface area contributed by atoms with E-state index >= 15 is 0 Å². The lowest BCUT2D eigenvalue weighted by molar-refractivity contribution is -0.132. The van der Waals surface area contributed by atoms with E-state index in [1.807, 2.05) is 24.1 Å². The van der Waals surface area contributed by atoms with Crippen LogP contribution < -0.4 is 15.2 Å². The molecule has 2 rings (SSSR count). The van der Waals surface area contributed by atoms with Crippen LogP contribution in [-0.4, -0.2) is 38.1 Å². The smallest absolute Gasteiger partial charge is 0.222 e. The van der Waals surface area contributed by atoms with Gasteiger partial charge in [0, 0.05) is 19.5 Å². The molecule has 0 saturated heterocycles. The highest BCUT2D eigenvalue weighted by atomic mass is 16.5. The van der Waals surface area contributed by atoms with E-state index in [-0.39, 0.29) is 5.91 Å². The number of carbonyl (C=O) groups is 1. The van der Waals surface area contributed by atoms with E-state index in [2.05, 4.69) is 0 Å². The maximum Gasteiger partial charge on any atom is 0.222 e. The van der Waals surface area contributed by atoms with E-state index in [1.165, 1.54) is 19.3 Å². The fraction of sp³-hybridized carbons (Fsp3) is 0.611. The summed E-state index contributed by atoms with van der Waals surface area (Å²) >= 11 is 0. The van der Waals surface area contributed by atoms with Crippen molar-refractivity contribution < 1.29 is 14.3 Å². The second kappa shape index (κ2) is 8.09. The van der Waals surface area contributed by atoms with E-state index in [1.54, 1.807) is 14.2 Å². The summed E-state index contributed by atoms with van der Waals surface area (Å²) in [6, 6.07) is 4.16. The van der Waals surface area contributed by atoms with E-state index in [0.29, 0.717) is 36.1 Å². The van der Waals surface area contributed by atoms with Gasteiger partial charge in [0.25, 0.3) is 0 Å². The first kappa shape index (κ1) is 17.4. The minimum absolute atomic E-state index is 0.199. The summed E-state index contributed by atoms with van der Waals surface area (Å²) in [5, 5.41) is 0. The first-order valence-corrected chi connectivity index (χ1v) is 8.32. The lowest BCUT2D eigenvalue weighted by atomic mass is 9.94. The lowest BCUT2D eigenvalue weighted by Gasteiger charge is -2.31. The molecule has 1 aliphatic carbocycles. The molecule has 0 aromatic heterocycles. The Labute approximate surface area is 138 Å². The number of benzene rings is 1. The normalized spacial score (nSPS) is 15.3. The third-order valence-corrected chi connectivity index (χ3v) is 4.71. The summed E-state index contributed by atoms with van der Waals surface area (Å²) in [4.78, 5) is 14.4. The Morgan fingerprint density at radius 3 is 2.52 bits per heavy atom. The van der Waals surface area contributed by atoms with Crippen molar-refractivity contribution in [2.75, 3.05) is 27.0 Å². The molecule has 1 aromatic rings. The van der Waals surface area contributed by atoms with Crippen molar-refractivity contribution in [1.29, 1.82) is 0 Å². The molecule has 1 saturated carbocycles. The molecule has 0 heterocycles. The maximum absolute atomic E-state index is 12.4. The van der Waals surface area contributed by atoms with Crippen LogP contribution in [0.4, 0.5) is 5.69 Å². The number of nitrogen functional groups attached to an aromatic ring is 1. The molecule has 0 atom stereocenters. The number of hydrogen-bond acceptors (Lipinski definition) is 4. The van der Waals surface area contributed by atoms with Crippen molar-refractivity contribution in [3.8, 4) is 11.5 Å². The zero-order chi connectivity index (χ0) is 16.8. The number of hydrogen-bond donors (Lipinski definition) is 1. The van der Waals surface area contributed by atoms with Gasteiger partial charge < -0.3 is 20.1 Å². The number of aryl methyl sites for hydroxylation is 1. The Balaban J connectivity index is 1.97. The summed E-state index contributed by atoms with van der Waals surface area (Å²) < 4.78 is 10.5. The van der Waals surface area contributed by atoms with Crippen molar-refractivity contribution in [2.45, 2.75) is 51.0 Å². The Bertz CT molecular complexity index is 539. The van der Waals surface area contributed by atoms with Gasteiger partial charge in [-0.05, 0) is 37.0 Å². The summed E-state index contributed by atoms with van der Waals surface area (Å²) in [6.45, 7) is 0. The molecule has 1 aromatic carbocycles. The fourth-order valence-corrected chi connectivity index (χ4v) is 3.30. The molecule has 5 nitrogen and oxygen atoms in total. The molecule has 23 heavy (non-hydrogen) atoms. The molecule has 0 unspecified atom stereocenters. The van der Waals surface area contributed by atoms with E-state index in [9.17, 15) is 4.79 Å². The largest absolute Gasteiger partial charge is 0.493 e. The maximum atomic E-state index is 12.4. The first-order valence-electron chi connectivity index (χ1n) is 8.32. The van der Waals surface area contributed by atoms with Gasteiger partial charge in [-0.15, -0.1) is 0 Å². The number of amides is 1. The Morgan fingerprint density at radius 2 is 1.91 bits per heavy atom. The molecule has 1 fully saturated rings. The minimum Gasteiger partial charge on any atom is -0.493 e. The Hall–Kier alpha value is -1.91. The average molecular weight is 320 g/mol. The van der Waals surface area contributed by atoms with Gasteiger partial charge in [-0.2, -0.15) is 0 Å². The highest BCUT2D eigenvalue weighted by Crippen LogP contribution is 2.34. The second-order valence-electron chi connectivity index (χ2n) is 6.22. The van der Waals surface area contributed by atoms with Crippen LogP contribution in [0.25, 0.3) is 0 Å². The van der Waals surface area contributed by atoms with Crippen LogP contribution in [-0.2, 0) is 11.2 Å². The van der Waals surface area contributed by atoms with E-state index in [4.69, 9.17) is 15.2 Å². The summed E-state index contributed by atoms with van der Waals surface area (Å²) in [5.74, 6) is 1.35. The molecule has 128 valence electrons. The molecular weight excluding hydrogens is 292 g/mol. The van der Waals surface area contributed by atoms with Crippen molar-refractivity contribution in [1.82, 2.24) is 4.90 Å². The molecule has 0 aliphatic heterocycles. The monoisotopic (exact) mass is 320 g/mol. The molecular formula is C18H28N2O3. The number of anilines is 1. The van der Waals surface area contributed by atoms with Crippen molar-refractivity contribution in [3.05, 3.63) is 17.7 Å². The van der Waals surface area contributed by atoms with Gasteiger partial charge in [-0.3, -0.25) is 4.79 Å². The fourth-order valence-electron chi connectivity index (χ4n) is 3.30. The SMILES string of the molecule is COc1cc(CCC(=O)N(C)C2CCCCC2)cc(N)c1OC. The molecule has 0 bridgehead atoms. The second-order valence-corrected chi connectivity index (χ2v) is 6.22. The van der Waals surface area contributed by atoms with E-state index < -0.39 is 0 Å². The number of ether oxygens (including phenoxy) is 2. The predicted molar refractivity (Wildman–Crippen MR) is 91.9 cm³/mol. The minimum atomic E-state index is 0.199. The highest BCUT2D eigenvalue weighted by molar-refractivity contribution is 5.76. The van der Waals surface area contributed by atoms with Crippen LogP contribution in [0, 0.1) is 0 Å². The Kier molecular flexibility index (Phi) is 6.13. The van der Waals surface area contributed by atoms with Gasteiger partial charge in [-0.1, -0.05) is 19.3 Å². The van der Waals surface area contributed by atoms with Crippen LogP contribution in [0.15, 0.2) is 12.1 Å². The molecule has 5 heteroatoms. The van der Waals surface area contributed by atoms with Crippen LogP contribution >= 0.6 is 0 Å². The number of methoxy groups -OCH3 is 2. The highest BCUT2D eigenvalue weighted by Gasteiger charge is 2.22.